The van der Waals surface area contributed by atoms with Crippen molar-refractivity contribution in [2.24, 2.45) is 5.92 Å². The van der Waals surface area contributed by atoms with Crippen LogP contribution in [0.15, 0.2) is 60.7 Å². The summed E-state index contributed by atoms with van der Waals surface area (Å²) < 4.78 is 13.0. The van der Waals surface area contributed by atoms with Crippen molar-refractivity contribution in [1.29, 1.82) is 0 Å². The number of likely N-dealkylation sites (tertiary alicyclic amines) is 1. The Morgan fingerprint density at radius 2 is 1.41 bits per heavy atom. The molecule has 2 aliphatic heterocycles. The molecule has 2 aromatic carbocycles. The van der Waals surface area contributed by atoms with Crippen LogP contribution in [0.25, 0.3) is 6.08 Å². The van der Waals surface area contributed by atoms with Crippen molar-refractivity contribution in [2.75, 3.05) is 44.6 Å². The van der Waals surface area contributed by atoms with Gasteiger partial charge in [0.1, 0.15) is 5.82 Å². The molecule has 178 valence electrons. The highest BCUT2D eigenvalue weighted by Crippen LogP contribution is 2.21. The zero-order chi connectivity index (χ0) is 23.9. The van der Waals surface area contributed by atoms with Gasteiger partial charge in [-0.2, -0.15) is 0 Å². The molecule has 0 bridgehead atoms. The van der Waals surface area contributed by atoms with E-state index in [1.54, 1.807) is 15.9 Å². The Bertz CT molecular complexity index is 1030. The summed E-state index contributed by atoms with van der Waals surface area (Å²) >= 11 is 0. The second-order valence-corrected chi connectivity index (χ2v) is 8.59. The third kappa shape index (κ3) is 6.01. The number of nitrogens with one attached hydrogen (secondary N) is 1. The maximum absolute atomic E-state index is 13.0. The van der Waals surface area contributed by atoms with E-state index in [1.165, 1.54) is 24.3 Å². The summed E-state index contributed by atoms with van der Waals surface area (Å²) in [5.41, 5.74) is 1.51. The highest BCUT2D eigenvalue weighted by molar-refractivity contribution is 5.92. The number of rotatable bonds is 4. The van der Waals surface area contributed by atoms with Gasteiger partial charge < -0.3 is 20.0 Å². The number of hydrogen-bond donors (Lipinski definition) is 1. The molecule has 0 atom stereocenters. The number of piperidine rings is 1. The number of hydrogen-bond acceptors (Lipinski definition) is 3. The monoisotopic (exact) mass is 464 g/mol. The van der Waals surface area contributed by atoms with E-state index in [1.807, 2.05) is 41.3 Å². The van der Waals surface area contributed by atoms with E-state index in [0.717, 1.165) is 5.56 Å². The number of carbonyl (C=O) groups is 3. The van der Waals surface area contributed by atoms with Gasteiger partial charge in [0.05, 0.1) is 0 Å². The quantitative estimate of drug-likeness (QED) is 0.705. The standard InChI is InChI=1S/C26H29FN4O3/c27-22-7-9-23(10-8-22)28-26(34)31-18-16-30(17-19-31)25(33)21-12-14-29(15-13-21)24(32)11-6-20-4-2-1-3-5-20/h1-11,21H,12-19H2,(H,28,34)/b11-6+. The Balaban J connectivity index is 1.20. The molecule has 2 saturated heterocycles. The molecule has 0 saturated carbocycles. The largest absolute Gasteiger partial charge is 0.339 e. The van der Waals surface area contributed by atoms with Gasteiger partial charge in [0.15, 0.2) is 0 Å². The molecule has 0 aromatic heterocycles. The lowest BCUT2D eigenvalue weighted by molar-refractivity contribution is -0.140. The first kappa shape index (κ1) is 23.5. The Morgan fingerprint density at radius 3 is 2.06 bits per heavy atom. The summed E-state index contributed by atoms with van der Waals surface area (Å²) in [4.78, 5) is 43.2. The zero-order valence-corrected chi connectivity index (χ0v) is 19.0. The van der Waals surface area contributed by atoms with Crippen LogP contribution in [-0.2, 0) is 9.59 Å². The van der Waals surface area contributed by atoms with E-state index < -0.39 is 0 Å². The number of piperazine rings is 1. The van der Waals surface area contributed by atoms with Crippen LogP contribution in [0, 0.1) is 11.7 Å². The number of anilines is 1. The van der Waals surface area contributed by atoms with E-state index in [9.17, 15) is 18.8 Å². The average molecular weight is 465 g/mol. The fourth-order valence-electron chi connectivity index (χ4n) is 4.31. The first-order chi connectivity index (χ1) is 16.5. The summed E-state index contributed by atoms with van der Waals surface area (Å²) in [5, 5.41) is 2.76. The van der Waals surface area contributed by atoms with Crippen molar-refractivity contribution < 1.29 is 18.8 Å². The van der Waals surface area contributed by atoms with E-state index in [0.29, 0.717) is 57.8 Å². The van der Waals surface area contributed by atoms with Crippen molar-refractivity contribution >= 4 is 29.6 Å². The van der Waals surface area contributed by atoms with Gasteiger partial charge in [-0.25, -0.2) is 9.18 Å². The summed E-state index contributed by atoms with van der Waals surface area (Å²) in [5.74, 6) is -0.383. The van der Waals surface area contributed by atoms with Crippen LogP contribution in [0.2, 0.25) is 0 Å². The highest BCUT2D eigenvalue weighted by Gasteiger charge is 2.32. The molecule has 0 radical (unpaired) electrons. The lowest BCUT2D eigenvalue weighted by atomic mass is 9.95. The highest BCUT2D eigenvalue weighted by atomic mass is 19.1. The summed E-state index contributed by atoms with van der Waals surface area (Å²) in [6.07, 6.45) is 4.70. The molecule has 8 heteroatoms. The number of urea groups is 1. The van der Waals surface area contributed by atoms with Gasteiger partial charge in [0.25, 0.3) is 0 Å². The molecular formula is C26H29FN4O3. The Hall–Kier alpha value is -3.68. The smallest absolute Gasteiger partial charge is 0.321 e. The Kier molecular flexibility index (Phi) is 7.57. The van der Waals surface area contributed by atoms with Crippen molar-refractivity contribution in [1.82, 2.24) is 14.7 Å². The molecule has 0 spiro atoms. The van der Waals surface area contributed by atoms with E-state index in [2.05, 4.69) is 5.32 Å². The normalized spacial score (nSPS) is 17.1. The van der Waals surface area contributed by atoms with E-state index in [-0.39, 0.29) is 29.6 Å². The van der Waals surface area contributed by atoms with E-state index in [4.69, 9.17) is 0 Å². The van der Waals surface area contributed by atoms with Crippen LogP contribution in [0.3, 0.4) is 0 Å². The molecule has 4 amide bonds. The summed E-state index contributed by atoms with van der Waals surface area (Å²) in [6, 6.07) is 15.1. The van der Waals surface area contributed by atoms with Crippen molar-refractivity contribution in [3.63, 3.8) is 0 Å². The molecule has 7 nitrogen and oxygen atoms in total. The predicted molar refractivity (Wildman–Crippen MR) is 128 cm³/mol. The molecule has 1 N–H and O–H groups in total. The van der Waals surface area contributed by atoms with Crippen molar-refractivity contribution in [3.05, 3.63) is 72.1 Å². The van der Waals surface area contributed by atoms with Gasteiger partial charge in [0, 0.05) is 56.9 Å². The molecule has 2 aliphatic rings. The molecule has 2 aromatic rings. The van der Waals surface area contributed by atoms with Gasteiger partial charge in [-0.15, -0.1) is 0 Å². The van der Waals surface area contributed by atoms with Gasteiger partial charge >= 0.3 is 6.03 Å². The minimum atomic E-state index is -0.357. The topological polar surface area (TPSA) is 73.0 Å². The number of nitrogens with zero attached hydrogens (tertiary/aromatic N) is 3. The summed E-state index contributed by atoms with van der Waals surface area (Å²) in [7, 11) is 0. The van der Waals surface area contributed by atoms with Crippen molar-refractivity contribution in [2.45, 2.75) is 12.8 Å². The lowest BCUT2D eigenvalue weighted by Gasteiger charge is -2.38. The molecule has 2 fully saturated rings. The molecule has 0 aliphatic carbocycles. The van der Waals surface area contributed by atoms with Gasteiger partial charge in [-0.3, -0.25) is 9.59 Å². The van der Waals surface area contributed by atoms with E-state index >= 15 is 0 Å². The van der Waals surface area contributed by atoms with Crippen LogP contribution >= 0.6 is 0 Å². The Labute approximate surface area is 198 Å². The summed E-state index contributed by atoms with van der Waals surface area (Å²) in [6.45, 7) is 2.98. The second-order valence-electron chi connectivity index (χ2n) is 8.59. The number of amides is 4. The fourth-order valence-corrected chi connectivity index (χ4v) is 4.31. The molecule has 0 unspecified atom stereocenters. The van der Waals surface area contributed by atoms with Gasteiger partial charge in [-0.1, -0.05) is 30.3 Å². The number of carbonyl (C=O) groups excluding carboxylic acids is 3. The SMILES string of the molecule is O=C(/C=C/c1ccccc1)N1CCC(C(=O)N2CCN(C(=O)Nc3ccc(F)cc3)CC2)CC1. The van der Waals surface area contributed by atoms with Crippen LogP contribution in [0.4, 0.5) is 14.9 Å². The van der Waals surface area contributed by atoms with Crippen molar-refractivity contribution in [3.8, 4) is 0 Å². The minimum absolute atomic E-state index is 0.0319. The van der Waals surface area contributed by atoms with Gasteiger partial charge in [0.2, 0.25) is 11.8 Å². The molecule has 4 rings (SSSR count). The average Bonchev–Trinajstić information content (AvgIpc) is 2.89. The fraction of sp³-hybridized carbons (Fsp3) is 0.346. The minimum Gasteiger partial charge on any atom is -0.339 e. The van der Waals surface area contributed by atoms with Crippen LogP contribution in [0.5, 0.6) is 0 Å². The number of benzene rings is 2. The zero-order valence-electron chi connectivity index (χ0n) is 19.0. The second kappa shape index (κ2) is 11.0. The van der Waals surface area contributed by atoms with Crippen LogP contribution in [-0.4, -0.2) is 71.8 Å². The molecule has 34 heavy (non-hydrogen) atoms. The lowest BCUT2D eigenvalue weighted by Crippen LogP contribution is -2.53. The Morgan fingerprint density at radius 1 is 0.794 bits per heavy atom. The molecule has 2 heterocycles. The first-order valence-electron chi connectivity index (χ1n) is 11.6. The van der Waals surface area contributed by atoms with Gasteiger partial charge in [-0.05, 0) is 48.7 Å². The molecular weight excluding hydrogens is 435 g/mol. The van der Waals surface area contributed by atoms with Crippen LogP contribution in [0.1, 0.15) is 18.4 Å². The third-order valence-corrected chi connectivity index (χ3v) is 6.35. The maximum atomic E-state index is 13.0. The van der Waals surface area contributed by atoms with Crippen LogP contribution < -0.4 is 5.32 Å². The third-order valence-electron chi connectivity index (χ3n) is 6.35. The predicted octanol–water partition coefficient (Wildman–Crippen LogP) is 3.45. The maximum Gasteiger partial charge on any atom is 0.321 e. The number of halogens is 1. The first-order valence-corrected chi connectivity index (χ1v) is 11.6.